The lowest BCUT2D eigenvalue weighted by Gasteiger charge is -2.49. The summed E-state index contributed by atoms with van der Waals surface area (Å²) in [6.07, 6.45) is 4.29. The van der Waals surface area contributed by atoms with E-state index >= 15 is 0 Å². The smallest absolute Gasteiger partial charge is 0.253 e. The highest BCUT2D eigenvalue weighted by Crippen LogP contribution is 2.46. The van der Waals surface area contributed by atoms with Crippen LogP contribution < -0.4 is 0 Å². The number of amides is 1. The second-order valence-corrected chi connectivity index (χ2v) is 10.9. The van der Waals surface area contributed by atoms with Gasteiger partial charge in [-0.25, -0.2) is 0 Å². The minimum atomic E-state index is -0.0905. The molecule has 2 atom stereocenters. The van der Waals surface area contributed by atoms with E-state index in [-0.39, 0.29) is 18.1 Å². The van der Waals surface area contributed by atoms with Gasteiger partial charge in [0.25, 0.3) is 5.91 Å². The molecule has 4 heterocycles. The predicted octanol–water partition coefficient (Wildman–Crippen LogP) is 3.83. The van der Waals surface area contributed by atoms with Gasteiger partial charge in [0.2, 0.25) is 0 Å². The number of thiophene rings is 1. The Balaban J connectivity index is 1.17. The third kappa shape index (κ3) is 4.03. The average molecular weight is 455 g/mol. The van der Waals surface area contributed by atoms with Crippen LogP contribution in [-0.2, 0) is 29.8 Å². The minimum absolute atomic E-state index is 0.0333. The molecule has 1 amide bonds. The summed E-state index contributed by atoms with van der Waals surface area (Å²) in [5, 5.41) is 9.32. The predicted molar refractivity (Wildman–Crippen MR) is 127 cm³/mol. The first kappa shape index (κ1) is 22.1. The molecule has 32 heavy (non-hydrogen) atoms. The molecule has 1 N–H and O–H groups in total. The third-order valence-electron chi connectivity index (χ3n) is 7.55. The number of carbonyl (C=O) groups excluding carboxylic acids is 1. The normalized spacial score (nSPS) is 26.2. The maximum atomic E-state index is 12.8. The number of hydrogen-bond acceptors (Lipinski definition) is 5. The van der Waals surface area contributed by atoms with E-state index in [0.717, 1.165) is 64.0 Å². The zero-order valence-corrected chi connectivity index (χ0v) is 20.0. The second kappa shape index (κ2) is 8.90. The van der Waals surface area contributed by atoms with Crippen molar-refractivity contribution in [2.75, 3.05) is 32.8 Å². The fraction of sp³-hybridized carbons (Fsp3) is 0.577. The van der Waals surface area contributed by atoms with Crippen LogP contribution in [0.15, 0.2) is 30.3 Å². The quantitative estimate of drug-likeness (QED) is 0.746. The Kier molecular flexibility index (Phi) is 6.14. The number of fused-ring (bicyclic) bond motifs is 2. The SMILES string of the molecule is CCc1cc2c(s1)CCO[C@@]21CCN(CC2CN(C(=O)c3cccc(CO)c3)C2)[C@@H](C)C1. The molecule has 0 unspecified atom stereocenters. The first-order valence-corrected chi connectivity index (χ1v) is 12.8. The molecule has 2 fully saturated rings. The van der Waals surface area contributed by atoms with Crippen LogP contribution in [0.2, 0.25) is 0 Å². The molecule has 0 saturated carbocycles. The number of piperidine rings is 1. The summed E-state index contributed by atoms with van der Waals surface area (Å²) in [5.74, 6) is 0.613. The molecule has 2 aromatic rings. The van der Waals surface area contributed by atoms with E-state index < -0.39 is 0 Å². The maximum Gasteiger partial charge on any atom is 0.253 e. The van der Waals surface area contributed by atoms with E-state index in [9.17, 15) is 9.90 Å². The Morgan fingerprint density at radius 3 is 2.91 bits per heavy atom. The van der Waals surface area contributed by atoms with Crippen molar-refractivity contribution < 1.29 is 14.6 Å². The standard InChI is InChI=1S/C26H34N2O3S/c1-3-22-12-23-24(32-22)7-10-31-26(23)8-9-27(18(2)13-26)14-20-15-28(16-20)25(30)21-6-4-5-19(11-21)17-29/h4-6,11-12,18,20,29H,3,7-10,13-17H2,1-2H3/t18-,26+/m0/s1. The molecular formula is C26H34N2O3S. The lowest BCUT2D eigenvalue weighted by Crippen LogP contribution is -2.57. The number of nitrogens with zero attached hydrogens (tertiary/aromatic N) is 2. The van der Waals surface area contributed by atoms with E-state index in [4.69, 9.17) is 4.74 Å². The first-order chi connectivity index (χ1) is 15.5. The van der Waals surface area contributed by atoms with Crippen LogP contribution in [0.1, 0.15) is 57.9 Å². The number of carbonyl (C=O) groups is 1. The number of aliphatic hydroxyl groups is 1. The van der Waals surface area contributed by atoms with E-state index in [1.54, 1.807) is 10.9 Å². The molecule has 1 spiro atoms. The Morgan fingerprint density at radius 2 is 2.16 bits per heavy atom. The van der Waals surface area contributed by atoms with Gasteiger partial charge >= 0.3 is 0 Å². The molecule has 0 aliphatic carbocycles. The molecule has 3 aliphatic heterocycles. The summed E-state index contributed by atoms with van der Waals surface area (Å²) in [6, 6.07) is 10.2. The molecule has 0 bridgehead atoms. The summed E-state index contributed by atoms with van der Waals surface area (Å²) < 4.78 is 6.48. The van der Waals surface area contributed by atoms with Gasteiger partial charge < -0.3 is 19.6 Å². The van der Waals surface area contributed by atoms with Gasteiger partial charge in [0.15, 0.2) is 0 Å². The van der Waals surface area contributed by atoms with E-state index in [2.05, 4.69) is 24.8 Å². The zero-order valence-electron chi connectivity index (χ0n) is 19.2. The zero-order chi connectivity index (χ0) is 22.3. The van der Waals surface area contributed by atoms with Gasteiger partial charge in [-0.2, -0.15) is 0 Å². The molecule has 6 heteroatoms. The largest absolute Gasteiger partial charge is 0.392 e. The average Bonchev–Trinajstić information content (AvgIpc) is 3.22. The summed E-state index contributed by atoms with van der Waals surface area (Å²) in [7, 11) is 0. The fourth-order valence-corrected chi connectivity index (χ4v) is 6.89. The monoisotopic (exact) mass is 454 g/mol. The van der Waals surface area contributed by atoms with Crippen molar-refractivity contribution in [3.63, 3.8) is 0 Å². The third-order valence-corrected chi connectivity index (χ3v) is 8.89. The first-order valence-electron chi connectivity index (χ1n) is 12.0. The molecule has 3 aliphatic rings. The van der Waals surface area contributed by atoms with Crippen LogP contribution in [0, 0.1) is 5.92 Å². The molecule has 2 saturated heterocycles. The highest BCUT2D eigenvalue weighted by Gasteiger charge is 2.45. The van der Waals surface area contributed by atoms with E-state index in [1.165, 1.54) is 10.4 Å². The number of rotatable bonds is 5. The summed E-state index contributed by atoms with van der Waals surface area (Å²) in [4.78, 5) is 20.3. The highest BCUT2D eigenvalue weighted by atomic mass is 32.1. The summed E-state index contributed by atoms with van der Waals surface area (Å²) in [5.41, 5.74) is 2.85. The van der Waals surface area contributed by atoms with Gasteiger partial charge in [-0.15, -0.1) is 11.3 Å². The van der Waals surface area contributed by atoms with Gasteiger partial charge in [0, 0.05) is 59.9 Å². The van der Waals surface area contributed by atoms with Crippen LogP contribution in [0.5, 0.6) is 0 Å². The van der Waals surface area contributed by atoms with Crippen molar-refractivity contribution in [2.45, 2.75) is 57.8 Å². The topological polar surface area (TPSA) is 53.0 Å². The van der Waals surface area contributed by atoms with Crippen LogP contribution in [0.4, 0.5) is 0 Å². The van der Waals surface area contributed by atoms with Crippen molar-refractivity contribution in [2.24, 2.45) is 5.92 Å². The van der Waals surface area contributed by atoms with E-state index in [1.807, 2.05) is 34.4 Å². The van der Waals surface area contributed by atoms with Crippen molar-refractivity contribution in [3.8, 4) is 0 Å². The molecule has 1 aromatic carbocycles. The van der Waals surface area contributed by atoms with Gasteiger partial charge in [-0.1, -0.05) is 19.1 Å². The Labute approximate surface area is 195 Å². The molecule has 1 aromatic heterocycles. The molecule has 5 rings (SSSR count). The number of benzene rings is 1. The minimum Gasteiger partial charge on any atom is -0.392 e. The van der Waals surface area contributed by atoms with Crippen LogP contribution >= 0.6 is 11.3 Å². The number of hydrogen-bond donors (Lipinski definition) is 1. The Hall–Kier alpha value is -1.73. The Bertz CT molecular complexity index is 983. The van der Waals surface area contributed by atoms with Crippen LogP contribution in [-0.4, -0.2) is 59.6 Å². The fourth-order valence-electron chi connectivity index (χ4n) is 5.71. The Morgan fingerprint density at radius 1 is 1.31 bits per heavy atom. The van der Waals surface area contributed by atoms with Crippen molar-refractivity contribution in [1.29, 1.82) is 0 Å². The maximum absolute atomic E-state index is 12.8. The van der Waals surface area contributed by atoms with Gasteiger partial charge in [0.05, 0.1) is 18.8 Å². The number of aryl methyl sites for hydroxylation is 1. The lowest BCUT2D eigenvalue weighted by atomic mass is 9.79. The van der Waals surface area contributed by atoms with Gasteiger partial charge in [-0.05, 0) is 55.5 Å². The van der Waals surface area contributed by atoms with Crippen molar-refractivity contribution in [1.82, 2.24) is 9.80 Å². The van der Waals surface area contributed by atoms with Crippen LogP contribution in [0.3, 0.4) is 0 Å². The molecule has 0 radical (unpaired) electrons. The second-order valence-electron chi connectivity index (χ2n) is 9.73. The van der Waals surface area contributed by atoms with Gasteiger partial charge in [-0.3, -0.25) is 4.79 Å². The summed E-state index contributed by atoms with van der Waals surface area (Å²) >= 11 is 1.99. The lowest BCUT2D eigenvalue weighted by molar-refractivity contribution is -0.114. The number of likely N-dealkylation sites (tertiary alicyclic amines) is 2. The highest BCUT2D eigenvalue weighted by molar-refractivity contribution is 7.12. The molecule has 5 nitrogen and oxygen atoms in total. The summed E-state index contributed by atoms with van der Waals surface area (Å²) in [6.45, 7) is 9.15. The van der Waals surface area contributed by atoms with Crippen molar-refractivity contribution >= 4 is 17.2 Å². The van der Waals surface area contributed by atoms with Crippen LogP contribution in [0.25, 0.3) is 0 Å². The van der Waals surface area contributed by atoms with Crippen molar-refractivity contribution in [3.05, 3.63) is 56.8 Å². The van der Waals surface area contributed by atoms with Gasteiger partial charge in [0.1, 0.15) is 0 Å². The molecular weight excluding hydrogens is 420 g/mol. The number of aliphatic hydroxyl groups excluding tert-OH is 1. The molecule has 172 valence electrons. The van der Waals surface area contributed by atoms with E-state index in [0.29, 0.717) is 17.5 Å². The number of ether oxygens (including phenoxy) is 1.